The van der Waals surface area contributed by atoms with E-state index in [0.29, 0.717) is 13.2 Å². The van der Waals surface area contributed by atoms with Crippen molar-refractivity contribution in [2.24, 2.45) is 5.92 Å². The van der Waals surface area contributed by atoms with Crippen molar-refractivity contribution in [3.05, 3.63) is 35.9 Å². The molecule has 2 rings (SSSR count). The van der Waals surface area contributed by atoms with E-state index in [4.69, 9.17) is 9.47 Å². The first-order chi connectivity index (χ1) is 10.5. The van der Waals surface area contributed by atoms with Crippen molar-refractivity contribution in [3.8, 4) is 0 Å². The zero-order chi connectivity index (χ0) is 15.9. The summed E-state index contributed by atoms with van der Waals surface area (Å²) in [6, 6.07) is 10.2. The van der Waals surface area contributed by atoms with Gasteiger partial charge in [-0.1, -0.05) is 30.3 Å². The van der Waals surface area contributed by atoms with Crippen LogP contribution in [-0.2, 0) is 25.6 Å². The molecule has 2 atom stereocenters. The van der Waals surface area contributed by atoms with Crippen LogP contribution in [0.3, 0.4) is 0 Å². The van der Waals surface area contributed by atoms with Gasteiger partial charge in [0, 0.05) is 32.9 Å². The number of piperidine rings is 1. The van der Waals surface area contributed by atoms with Gasteiger partial charge in [0.25, 0.3) is 0 Å². The zero-order valence-electron chi connectivity index (χ0n) is 13.2. The summed E-state index contributed by atoms with van der Waals surface area (Å²) in [5.41, 5.74) is 1.24. The number of carbonyl (C=O) groups is 2. The van der Waals surface area contributed by atoms with E-state index >= 15 is 0 Å². The molecule has 1 aliphatic heterocycles. The van der Waals surface area contributed by atoms with E-state index in [1.807, 2.05) is 18.2 Å². The fourth-order valence-electron chi connectivity index (χ4n) is 2.78. The van der Waals surface area contributed by atoms with Crippen LogP contribution >= 0.6 is 0 Å². The Bertz CT molecular complexity index is 503. The minimum atomic E-state index is -0.298. The summed E-state index contributed by atoms with van der Waals surface area (Å²) in [6.07, 6.45) is 0.618. The minimum absolute atomic E-state index is 0.0693. The van der Waals surface area contributed by atoms with Crippen molar-refractivity contribution < 1.29 is 19.1 Å². The van der Waals surface area contributed by atoms with Crippen LogP contribution in [0.5, 0.6) is 0 Å². The van der Waals surface area contributed by atoms with Gasteiger partial charge in [-0.2, -0.15) is 0 Å². The smallest absolute Gasteiger partial charge is 0.302 e. The van der Waals surface area contributed by atoms with Crippen molar-refractivity contribution in [3.63, 3.8) is 0 Å². The average Bonchev–Trinajstić information content (AvgIpc) is 2.47. The summed E-state index contributed by atoms with van der Waals surface area (Å²) in [4.78, 5) is 24.6. The molecule has 0 bridgehead atoms. The van der Waals surface area contributed by atoms with Crippen LogP contribution < -0.4 is 0 Å². The summed E-state index contributed by atoms with van der Waals surface area (Å²) < 4.78 is 10.5. The lowest BCUT2D eigenvalue weighted by atomic mass is 9.94. The molecular formula is C17H23NO4. The molecular weight excluding hydrogens is 282 g/mol. The number of ether oxygens (including phenoxy) is 2. The number of benzene rings is 1. The summed E-state index contributed by atoms with van der Waals surface area (Å²) >= 11 is 0. The molecule has 22 heavy (non-hydrogen) atoms. The number of rotatable bonds is 5. The van der Waals surface area contributed by atoms with Gasteiger partial charge in [0.1, 0.15) is 6.10 Å². The highest BCUT2D eigenvalue weighted by atomic mass is 16.6. The Labute approximate surface area is 131 Å². The van der Waals surface area contributed by atoms with Crippen molar-refractivity contribution in [2.75, 3.05) is 19.7 Å². The van der Waals surface area contributed by atoms with Gasteiger partial charge in [0.2, 0.25) is 0 Å². The first-order valence-corrected chi connectivity index (χ1v) is 7.61. The van der Waals surface area contributed by atoms with Crippen molar-refractivity contribution in [1.82, 2.24) is 4.90 Å². The predicted octanol–water partition coefficient (Wildman–Crippen LogP) is 2.00. The number of carbonyl (C=O) groups excluding carboxylic acids is 2. The van der Waals surface area contributed by atoms with E-state index in [9.17, 15) is 9.59 Å². The van der Waals surface area contributed by atoms with Gasteiger partial charge in [-0.05, 0) is 18.5 Å². The molecule has 0 N–H and O–H groups in total. The molecule has 1 aliphatic rings. The Hall–Kier alpha value is -1.88. The SMILES string of the molecule is CC(=O)OC[C@@H]1CCN(Cc2ccccc2)C[C@@H]1OC(C)=O. The third kappa shape index (κ3) is 5.15. The van der Waals surface area contributed by atoms with E-state index in [-0.39, 0.29) is 24.0 Å². The number of hydrogen-bond donors (Lipinski definition) is 0. The fraction of sp³-hybridized carbons (Fsp3) is 0.529. The number of nitrogens with zero attached hydrogens (tertiary/aromatic N) is 1. The number of hydrogen-bond acceptors (Lipinski definition) is 5. The maximum Gasteiger partial charge on any atom is 0.302 e. The zero-order valence-corrected chi connectivity index (χ0v) is 13.2. The fourth-order valence-corrected chi connectivity index (χ4v) is 2.78. The highest BCUT2D eigenvalue weighted by molar-refractivity contribution is 5.66. The second kappa shape index (κ2) is 7.94. The van der Waals surface area contributed by atoms with E-state index in [0.717, 1.165) is 19.5 Å². The Kier molecular flexibility index (Phi) is 5.95. The van der Waals surface area contributed by atoms with Crippen LogP contribution in [0.15, 0.2) is 30.3 Å². The van der Waals surface area contributed by atoms with Crippen LogP contribution in [0.4, 0.5) is 0 Å². The Morgan fingerprint density at radius 3 is 2.55 bits per heavy atom. The van der Waals surface area contributed by atoms with Crippen molar-refractivity contribution >= 4 is 11.9 Å². The minimum Gasteiger partial charge on any atom is -0.465 e. The van der Waals surface area contributed by atoms with E-state index in [1.165, 1.54) is 19.4 Å². The van der Waals surface area contributed by atoms with Crippen LogP contribution in [0.2, 0.25) is 0 Å². The third-order valence-corrected chi connectivity index (χ3v) is 3.85. The van der Waals surface area contributed by atoms with Crippen LogP contribution in [-0.4, -0.2) is 42.6 Å². The second-order valence-electron chi connectivity index (χ2n) is 5.72. The molecule has 1 heterocycles. The highest BCUT2D eigenvalue weighted by Crippen LogP contribution is 2.23. The second-order valence-corrected chi connectivity index (χ2v) is 5.72. The van der Waals surface area contributed by atoms with Gasteiger partial charge in [-0.15, -0.1) is 0 Å². The first kappa shape index (κ1) is 16.5. The lowest BCUT2D eigenvalue weighted by molar-refractivity contribution is -0.157. The molecule has 1 fully saturated rings. The van der Waals surface area contributed by atoms with E-state index in [2.05, 4.69) is 17.0 Å². The monoisotopic (exact) mass is 305 g/mol. The molecule has 1 saturated heterocycles. The molecule has 1 aromatic carbocycles. The number of likely N-dealkylation sites (tertiary alicyclic amines) is 1. The summed E-state index contributed by atoms with van der Waals surface area (Å²) in [5.74, 6) is -0.521. The maximum atomic E-state index is 11.3. The normalized spacial score (nSPS) is 22.1. The third-order valence-electron chi connectivity index (χ3n) is 3.85. The molecule has 1 aromatic rings. The van der Waals surface area contributed by atoms with Gasteiger partial charge >= 0.3 is 11.9 Å². The predicted molar refractivity (Wildman–Crippen MR) is 82.0 cm³/mol. The van der Waals surface area contributed by atoms with Crippen LogP contribution in [0.1, 0.15) is 25.8 Å². The molecule has 0 amide bonds. The topological polar surface area (TPSA) is 55.8 Å². The molecule has 0 unspecified atom stereocenters. The molecule has 120 valence electrons. The van der Waals surface area contributed by atoms with E-state index < -0.39 is 0 Å². The lowest BCUT2D eigenvalue weighted by Crippen LogP contribution is -2.47. The van der Waals surface area contributed by atoms with Gasteiger partial charge in [-0.3, -0.25) is 14.5 Å². The summed E-state index contributed by atoms with van der Waals surface area (Å²) in [5, 5.41) is 0. The van der Waals surface area contributed by atoms with Crippen LogP contribution in [0, 0.1) is 5.92 Å². The molecule has 0 spiro atoms. The van der Waals surface area contributed by atoms with Gasteiger partial charge in [0.05, 0.1) is 6.61 Å². The van der Waals surface area contributed by atoms with E-state index in [1.54, 1.807) is 0 Å². The Morgan fingerprint density at radius 1 is 1.18 bits per heavy atom. The Balaban J connectivity index is 1.95. The molecule has 0 aromatic heterocycles. The molecule has 5 nitrogen and oxygen atoms in total. The standard InChI is InChI=1S/C17H23NO4/c1-13(19)21-12-16-8-9-18(11-17(16)22-14(2)20)10-15-6-4-3-5-7-15/h3-7,16-17H,8-12H2,1-2H3/t16-,17-/m0/s1. The van der Waals surface area contributed by atoms with Crippen molar-refractivity contribution in [1.29, 1.82) is 0 Å². The average molecular weight is 305 g/mol. The molecule has 5 heteroatoms. The molecule has 0 aliphatic carbocycles. The Morgan fingerprint density at radius 2 is 1.91 bits per heavy atom. The van der Waals surface area contributed by atoms with Gasteiger partial charge < -0.3 is 9.47 Å². The lowest BCUT2D eigenvalue weighted by Gasteiger charge is -2.37. The largest absolute Gasteiger partial charge is 0.465 e. The first-order valence-electron chi connectivity index (χ1n) is 7.61. The highest BCUT2D eigenvalue weighted by Gasteiger charge is 2.32. The molecule has 0 radical (unpaired) electrons. The number of esters is 2. The quantitative estimate of drug-likeness (QED) is 0.779. The van der Waals surface area contributed by atoms with Crippen LogP contribution in [0.25, 0.3) is 0 Å². The molecule has 0 saturated carbocycles. The van der Waals surface area contributed by atoms with Gasteiger partial charge in [0.15, 0.2) is 0 Å². The van der Waals surface area contributed by atoms with Crippen molar-refractivity contribution in [2.45, 2.75) is 32.9 Å². The summed E-state index contributed by atoms with van der Waals surface area (Å²) in [7, 11) is 0. The summed E-state index contributed by atoms with van der Waals surface area (Å²) in [6.45, 7) is 5.52. The maximum absolute atomic E-state index is 11.3. The van der Waals surface area contributed by atoms with Gasteiger partial charge in [-0.25, -0.2) is 0 Å².